The minimum absolute atomic E-state index is 0. The fourth-order valence-corrected chi connectivity index (χ4v) is 5.79. The zero-order valence-corrected chi connectivity index (χ0v) is 27.7. The van der Waals surface area contributed by atoms with Crippen LogP contribution < -0.4 is 4.74 Å². The van der Waals surface area contributed by atoms with E-state index in [2.05, 4.69) is 71.3 Å². The van der Waals surface area contributed by atoms with Crippen molar-refractivity contribution in [2.45, 2.75) is 110 Å². The van der Waals surface area contributed by atoms with Gasteiger partial charge in [0.05, 0.1) is 0 Å². The minimum Gasteiger partial charge on any atom is -0.492 e. The molecule has 0 radical (unpaired) electrons. The molecule has 0 N–H and O–H groups in total. The summed E-state index contributed by atoms with van der Waals surface area (Å²) in [5, 5.41) is 0. The summed E-state index contributed by atoms with van der Waals surface area (Å²) in [6, 6.07) is 19.0. The van der Waals surface area contributed by atoms with Gasteiger partial charge in [0.25, 0.3) is 0 Å². The van der Waals surface area contributed by atoms with Gasteiger partial charge in [0.1, 0.15) is 12.4 Å². The maximum Gasteiger partial charge on any atom is 0.119 e. The highest BCUT2D eigenvalue weighted by molar-refractivity contribution is 5.85. The lowest BCUT2D eigenvalue weighted by molar-refractivity contribution is 0.115. The van der Waals surface area contributed by atoms with E-state index in [0.717, 1.165) is 18.9 Å². The molecule has 1 heterocycles. The van der Waals surface area contributed by atoms with Gasteiger partial charge in [-0.2, -0.15) is 0 Å². The van der Waals surface area contributed by atoms with E-state index >= 15 is 0 Å². The van der Waals surface area contributed by atoms with Crippen LogP contribution in [-0.4, -0.2) is 55.7 Å². The monoisotopic (exact) mass is 606 g/mol. The Morgan fingerprint density at radius 3 is 1.39 bits per heavy atom. The predicted molar refractivity (Wildman–Crippen MR) is 184 cm³/mol. The Bertz CT molecular complexity index is 825. The Kier molecular flexibility index (Phi) is 23.3. The fourth-order valence-electron chi connectivity index (χ4n) is 5.79. The number of unbranched alkanes of at least 4 members (excludes halogenated alkanes) is 15. The van der Waals surface area contributed by atoms with Gasteiger partial charge >= 0.3 is 0 Å². The molecule has 1 aliphatic rings. The molecule has 234 valence electrons. The molecule has 2 aromatic carbocycles. The molecule has 0 saturated carbocycles. The normalized spacial score (nSPS) is 13.9. The van der Waals surface area contributed by atoms with E-state index in [-0.39, 0.29) is 24.8 Å². The summed E-state index contributed by atoms with van der Waals surface area (Å²) in [5.41, 5.74) is 2.49. The van der Waals surface area contributed by atoms with Crippen molar-refractivity contribution in [3.05, 3.63) is 54.6 Å². The molecule has 3 nitrogen and oxygen atoms in total. The van der Waals surface area contributed by atoms with E-state index in [1.807, 2.05) is 0 Å². The lowest BCUT2D eigenvalue weighted by Gasteiger charge is -2.34. The molecule has 1 saturated heterocycles. The first-order valence-electron chi connectivity index (χ1n) is 16.6. The van der Waals surface area contributed by atoms with Gasteiger partial charge in [0, 0.05) is 32.7 Å². The van der Waals surface area contributed by atoms with Gasteiger partial charge in [0.2, 0.25) is 0 Å². The molecule has 0 aromatic heterocycles. The second-order valence-electron chi connectivity index (χ2n) is 11.7. The third-order valence-corrected chi connectivity index (χ3v) is 8.43. The van der Waals surface area contributed by atoms with Crippen LogP contribution >= 0.6 is 24.8 Å². The smallest absolute Gasteiger partial charge is 0.119 e. The van der Waals surface area contributed by atoms with Crippen molar-refractivity contribution in [2.24, 2.45) is 0 Å². The Balaban J connectivity index is 0.00000420. The Morgan fingerprint density at radius 1 is 0.488 bits per heavy atom. The van der Waals surface area contributed by atoms with E-state index in [9.17, 15) is 0 Å². The van der Waals surface area contributed by atoms with E-state index in [1.165, 1.54) is 147 Å². The highest BCUT2D eigenvalue weighted by Gasteiger charge is 2.16. The fraction of sp³-hybridized carbons (Fsp3) is 0.667. The maximum atomic E-state index is 6.03. The Morgan fingerprint density at radius 2 is 0.902 bits per heavy atom. The third-order valence-electron chi connectivity index (χ3n) is 8.43. The molecule has 1 aliphatic heterocycles. The highest BCUT2D eigenvalue weighted by Crippen LogP contribution is 2.22. The Labute approximate surface area is 265 Å². The lowest BCUT2D eigenvalue weighted by Crippen LogP contribution is -2.47. The SMILES string of the molecule is CCCCCCCCCCCCCCCCCCN1CCN(CCOc2ccc(-c3ccccc3)cc2)CC1.Cl.Cl. The molecule has 41 heavy (non-hydrogen) atoms. The number of halogens is 2. The molecule has 0 spiro atoms. The van der Waals surface area contributed by atoms with Crippen molar-refractivity contribution in [3.63, 3.8) is 0 Å². The highest BCUT2D eigenvalue weighted by atomic mass is 35.5. The summed E-state index contributed by atoms with van der Waals surface area (Å²) >= 11 is 0. The quantitative estimate of drug-likeness (QED) is 0.124. The van der Waals surface area contributed by atoms with E-state index < -0.39 is 0 Å². The molecule has 0 atom stereocenters. The summed E-state index contributed by atoms with van der Waals surface area (Å²) in [4.78, 5) is 5.23. The number of nitrogens with zero attached hydrogens (tertiary/aromatic N) is 2. The Hall–Kier alpha value is -1.26. The average molecular weight is 608 g/mol. The van der Waals surface area contributed by atoms with Crippen molar-refractivity contribution in [2.75, 3.05) is 45.9 Å². The first kappa shape index (κ1) is 37.8. The van der Waals surface area contributed by atoms with Crippen molar-refractivity contribution in [1.82, 2.24) is 9.80 Å². The van der Waals surface area contributed by atoms with Gasteiger partial charge in [-0.15, -0.1) is 24.8 Å². The topological polar surface area (TPSA) is 15.7 Å². The van der Waals surface area contributed by atoms with Crippen LogP contribution in [0.3, 0.4) is 0 Å². The van der Waals surface area contributed by atoms with Crippen LogP contribution in [0.2, 0.25) is 0 Å². The van der Waals surface area contributed by atoms with Gasteiger partial charge in [-0.3, -0.25) is 4.90 Å². The van der Waals surface area contributed by atoms with Crippen LogP contribution in [-0.2, 0) is 0 Å². The van der Waals surface area contributed by atoms with Gasteiger partial charge in [0.15, 0.2) is 0 Å². The van der Waals surface area contributed by atoms with E-state index in [1.54, 1.807) is 0 Å². The van der Waals surface area contributed by atoms with Crippen LogP contribution in [0.5, 0.6) is 5.75 Å². The molecule has 0 bridgehead atoms. The molecule has 0 unspecified atom stereocenters. The summed E-state index contributed by atoms with van der Waals surface area (Å²) in [6.07, 6.45) is 23.1. The van der Waals surface area contributed by atoms with Gasteiger partial charge < -0.3 is 9.64 Å². The predicted octanol–water partition coefficient (Wildman–Crippen LogP) is 10.5. The molecule has 3 rings (SSSR count). The van der Waals surface area contributed by atoms with E-state index in [0.29, 0.717) is 0 Å². The second-order valence-corrected chi connectivity index (χ2v) is 11.7. The first-order chi connectivity index (χ1) is 19.3. The lowest BCUT2D eigenvalue weighted by atomic mass is 10.0. The number of piperazine rings is 1. The zero-order valence-electron chi connectivity index (χ0n) is 26.1. The van der Waals surface area contributed by atoms with Crippen molar-refractivity contribution < 1.29 is 4.74 Å². The van der Waals surface area contributed by atoms with Crippen LogP contribution in [0.15, 0.2) is 54.6 Å². The maximum absolute atomic E-state index is 6.03. The molecular weight excluding hydrogens is 547 g/mol. The number of benzene rings is 2. The molecule has 5 heteroatoms. The van der Waals surface area contributed by atoms with Crippen LogP contribution in [0.25, 0.3) is 11.1 Å². The number of rotatable bonds is 22. The minimum atomic E-state index is 0. The van der Waals surface area contributed by atoms with Crippen LogP contribution in [0, 0.1) is 0 Å². The van der Waals surface area contributed by atoms with Crippen LogP contribution in [0.1, 0.15) is 110 Å². The second kappa shape index (κ2) is 25.3. The van der Waals surface area contributed by atoms with E-state index in [4.69, 9.17) is 4.74 Å². The number of ether oxygens (including phenoxy) is 1. The number of hydrogen-bond donors (Lipinski definition) is 0. The summed E-state index contributed by atoms with van der Waals surface area (Å²) in [6.45, 7) is 10.2. The molecule has 0 amide bonds. The van der Waals surface area contributed by atoms with Gasteiger partial charge in [-0.25, -0.2) is 0 Å². The largest absolute Gasteiger partial charge is 0.492 e. The average Bonchev–Trinajstić information content (AvgIpc) is 2.98. The molecular formula is C36H60Cl2N2O. The number of hydrogen-bond acceptors (Lipinski definition) is 3. The summed E-state index contributed by atoms with van der Waals surface area (Å²) in [5.74, 6) is 0.969. The molecule has 0 aliphatic carbocycles. The molecule has 1 fully saturated rings. The van der Waals surface area contributed by atoms with Gasteiger partial charge in [-0.1, -0.05) is 146 Å². The zero-order chi connectivity index (χ0) is 27.2. The van der Waals surface area contributed by atoms with Crippen LogP contribution in [0.4, 0.5) is 0 Å². The summed E-state index contributed by atoms with van der Waals surface area (Å²) < 4.78 is 6.03. The molecule has 2 aromatic rings. The van der Waals surface area contributed by atoms with Crippen molar-refractivity contribution in [3.8, 4) is 16.9 Å². The first-order valence-corrected chi connectivity index (χ1v) is 16.6. The van der Waals surface area contributed by atoms with Gasteiger partial charge in [-0.05, 0) is 36.2 Å². The van der Waals surface area contributed by atoms with Crippen molar-refractivity contribution >= 4 is 24.8 Å². The summed E-state index contributed by atoms with van der Waals surface area (Å²) in [7, 11) is 0. The standard InChI is InChI=1S/C36H58N2O.2ClH/c1-2-3-4-5-6-7-8-9-10-11-12-13-14-15-16-20-27-37-28-30-38(31-29-37)32-33-39-36-25-23-35(24-26-36)34-21-18-17-19-22-34;;/h17-19,21-26H,2-16,20,27-33H2,1H3;2*1H. The van der Waals surface area contributed by atoms with Crippen molar-refractivity contribution in [1.29, 1.82) is 0 Å². The third kappa shape index (κ3) is 17.5.